The van der Waals surface area contributed by atoms with Crippen LogP contribution in [0.15, 0.2) is 47.3 Å². The van der Waals surface area contributed by atoms with E-state index in [4.69, 9.17) is 14.6 Å². The number of aliphatic carboxylic acids is 1. The molecule has 4 rings (SSSR count). The predicted octanol–water partition coefficient (Wildman–Crippen LogP) is 3.17. The van der Waals surface area contributed by atoms with E-state index >= 15 is 0 Å². The Morgan fingerprint density at radius 3 is 2.60 bits per heavy atom. The predicted molar refractivity (Wildman–Crippen MR) is 160 cm³/mol. The van der Waals surface area contributed by atoms with Gasteiger partial charge < -0.3 is 40.0 Å². The Bertz CT molecular complexity index is 1530. The summed E-state index contributed by atoms with van der Waals surface area (Å²) in [6.45, 7) is 9.84. The highest BCUT2D eigenvalue weighted by molar-refractivity contribution is 5.90. The van der Waals surface area contributed by atoms with Crippen molar-refractivity contribution in [1.82, 2.24) is 9.88 Å². The topological polar surface area (TPSA) is 164 Å². The molecular weight excluding hydrogens is 554 g/mol. The molecule has 1 fully saturated rings. The summed E-state index contributed by atoms with van der Waals surface area (Å²) in [5.74, 6) is -1.17. The van der Waals surface area contributed by atoms with E-state index in [9.17, 15) is 24.6 Å². The van der Waals surface area contributed by atoms with Gasteiger partial charge in [-0.15, -0.1) is 0 Å². The summed E-state index contributed by atoms with van der Waals surface area (Å²) in [6.07, 6.45) is -5.72. The number of para-hydroxylation sites is 1. The largest absolute Gasteiger partial charge is 0.848 e. The fraction of sp³-hybridized carbons (Fsp3) is 0.469. The van der Waals surface area contributed by atoms with Crippen LogP contribution in [0.1, 0.15) is 55.9 Å². The number of hydrogen-bond acceptors (Lipinski definition) is 7. The van der Waals surface area contributed by atoms with Crippen molar-refractivity contribution in [3.63, 3.8) is 0 Å². The van der Waals surface area contributed by atoms with E-state index in [-0.39, 0.29) is 37.1 Å². The summed E-state index contributed by atoms with van der Waals surface area (Å²) >= 11 is 0. The molecule has 232 valence electrons. The number of carbonyl (C=O) groups excluding carboxylic acids is 1. The lowest BCUT2D eigenvalue weighted by atomic mass is 9.86. The standard InChI is InChI=1S/C32H40N3O8/c1-18-12-19(2)28-20(13-18)14-21(29(40)34-28)17-35(31(41)33-23-9-7-6-8-22(23)32(3,4)5)10-11-42-30-25(37)15-24(36)26(43-30)16-27(38)39/h6-9,12-14,24-26,30,36H,10-11,15-17H2,1-5H3,(H,33,41)(H,34,40)(H,38,39)/q-1/t24-,25+,26+,30+/m0/s1. The number of H-pyrrole nitrogens is 1. The summed E-state index contributed by atoms with van der Waals surface area (Å²) in [5.41, 5.74) is 4.06. The van der Waals surface area contributed by atoms with Gasteiger partial charge in [-0.25, -0.2) is 4.79 Å². The van der Waals surface area contributed by atoms with Gasteiger partial charge in [-0.1, -0.05) is 56.7 Å². The van der Waals surface area contributed by atoms with Gasteiger partial charge in [0.25, 0.3) is 5.56 Å². The molecule has 0 radical (unpaired) electrons. The van der Waals surface area contributed by atoms with Crippen LogP contribution in [0.5, 0.6) is 0 Å². The van der Waals surface area contributed by atoms with Gasteiger partial charge >= 0.3 is 12.0 Å². The lowest BCUT2D eigenvalue weighted by Gasteiger charge is -2.42. The Balaban J connectivity index is 1.57. The monoisotopic (exact) mass is 594 g/mol. The number of aryl methyl sites for hydroxylation is 2. The first-order valence-electron chi connectivity index (χ1n) is 14.3. The van der Waals surface area contributed by atoms with Crippen LogP contribution in [-0.4, -0.2) is 69.9 Å². The number of aliphatic hydroxyl groups is 1. The average molecular weight is 595 g/mol. The van der Waals surface area contributed by atoms with Crippen molar-refractivity contribution in [3.05, 3.63) is 75.1 Å². The summed E-state index contributed by atoms with van der Waals surface area (Å²) < 4.78 is 11.2. The van der Waals surface area contributed by atoms with E-state index in [0.29, 0.717) is 11.3 Å². The van der Waals surface area contributed by atoms with E-state index in [0.717, 1.165) is 27.6 Å². The normalized spacial score (nSPS) is 20.6. The van der Waals surface area contributed by atoms with Crippen LogP contribution in [0, 0.1) is 13.8 Å². The maximum absolute atomic E-state index is 13.7. The molecule has 11 heteroatoms. The third kappa shape index (κ3) is 7.99. The van der Waals surface area contributed by atoms with Gasteiger partial charge in [-0.2, -0.15) is 0 Å². The molecule has 4 N–H and O–H groups in total. The van der Waals surface area contributed by atoms with Gasteiger partial charge in [0, 0.05) is 17.8 Å². The molecule has 4 atom stereocenters. The Morgan fingerprint density at radius 2 is 1.91 bits per heavy atom. The molecule has 3 aromatic rings. The van der Waals surface area contributed by atoms with Crippen molar-refractivity contribution in [2.75, 3.05) is 18.5 Å². The maximum Gasteiger partial charge on any atom is 0.322 e. The number of aromatic nitrogens is 1. The molecule has 1 saturated heterocycles. The lowest BCUT2D eigenvalue weighted by molar-refractivity contribution is -0.482. The van der Waals surface area contributed by atoms with Gasteiger partial charge in [-0.3, -0.25) is 9.59 Å². The molecule has 43 heavy (non-hydrogen) atoms. The van der Waals surface area contributed by atoms with Crippen molar-refractivity contribution < 1.29 is 34.4 Å². The van der Waals surface area contributed by atoms with Crippen LogP contribution in [0.2, 0.25) is 0 Å². The maximum atomic E-state index is 13.7. The molecule has 0 unspecified atom stereocenters. The first-order chi connectivity index (χ1) is 20.2. The Hall–Kier alpha value is -3.77. The first kappa shape index (κ1) is 32.2. The highest BCUT2D eigenvalue weighted by Gasteiger charge is 2.34. The average Bonchev–Trinajstić information content (AvgIpc) is 2.90. The van der Waals surface area contributed by atoms with Crippen LogP contribution >= 0.6 is 0 Å². The smallest absolute Gasteiger partial charge is 0.322 e. The van der Waals surface area contributed by atoms with Crippen molar-refractivity contribution in [2.45, 2.75) is 84.0 Å². The number of carboxylic acids is 1. The zero-order valence-electron chi connectivity index (χ0n) is 25.2. The van der Waals surface area contributed by atoms with E-state index < -0.39 is 43.0 Å². The SMILES string of the molecule is Cc1cc(C)c2[nH]c(=O)c(CN(CCO[C@@H]3O[C@H](CC(=O)O)[C@@H](O)C[C@H]3[O-])C(=O)Nc3ccccc3C(C)(C)C)cc2c1. The van der Waals surface area contributed by atoms with Crippen molar-refractivity contribution >= 4 is 28.6 Å². The third-order valence-corrected chi connectivity index (χ3v) is 7.53. The second-order valence-corrected chi connectivity index (χ2v) is 12.2. The van der Waals surface area contributed by atoms with Gasteiger partial charge in [0.05, 0.1) is 37.3 Å². The minimum atomic E-state index is -1.43. The van der Waals surface area contributed by atoms with Gasteiger partial charge in [-0.05, 0) is 60.4 Å². The van der Waals surface area contributed by atoms with Crippen LogP contribution in [0.25, 0.3) is 10.9 Å². The number of carbonyl (C=O) groups is 2. The van der Waals surface area contributed by atoms with E-state index in [2.05, 4.69) is 10.3 Å². The summed E-state index contributed by atoms with van der Waals surface area (Å²) in [7, 11) is 0. The lowest BCUT2D eigenvalue weighted by Crippen LogP contribution is -2.54. The van der Waals surface area contributed by atoms with Crippen LogP contribution in [0.4, 0.5) is 10.5 Å². The molecular formula is C32H40N3O8-. The summed E-state index contributed by atoms with van der Waals surface area (Å²) in [5, 5.41) is 35.5. The molecule has 0 bridgehead atoms. The van der Waals surface area contributed by atoms with Gasteiger partial charge in [0.15, 0.2) is 0 Å². The third-order valence-electron chi connectivity index (χ3n) is 7.53. The molecule has 1 aromatic heterocycles. The highest BCUT2D eigenvalue weighted by atomic mass is 16.7. The van der Waals surface area contributed by atoms with E-state index in [1.807, 2.05) is 71.0 Å². The van der Waals surface area contributed by atoms with Gasteiger partial charge in [0.1, 0.15) is 6.29 Å². The number of nitrogens with zero attached hydrogens (tertiary/aromatic N) is 1. The number of carboxylic acid groups (broad SMARTS) is 1. The van der Waals surface area contributed by atoms with Crippen molar-refractivity contribution in [1.29, 1.82) is 0 Å². The number of aromatic amines is 1. The summed E-state index contributed by atoms with van der Waals surface area (Å²) in [4.78, 5) is 42.3. The highest BCUT2D eigenvalue weighted by Crippen LogP contribution is 2.30. The van der Waals surface area contributed by atoms with Crippen molar-refractivity contribution in [3.8, 4) is 0 Å². The molecule has 2 heterocycles. The number of anilines is 1. The number of rotatable bonds is 9. The van der Waals surface area contributed by atoms with Crippen molar-refractivity contribution in [2.24, 2.45) is 0 Å². The van der Waals surface area contributed by atoms with Crippen LogP contribution in [0.3, 0.4) is 0 Å². The molecule has 1 aliphatic heterocycles. The number of amides is 2. The molecule has 0 aliphatic carbocycles. The molecule has 2 aromatic carbocycles. The second-order valence-electron chi connectivity index (χ2n) is 12.2. The number of hydrogen-bond donors (Lipinski definition) is 4. The van der Waals surface area contributed by atoms with Crippen LogP contribution < -0.4 is 16.0 Å². The number of aliphatic hydroxyl groups excluding tert-OH is 1. The first-order valence-corrected chi connectivity index (χ1v) is 14.3. The second kappa shape index (κ2) is 13.3. The number of fused-ring (bicyclic) bond motifs is 1. The number of ether oxygens (including phenoxy) is 2. The van der Waals surface area contributed by atoms with Gasteiger partial charge in [0.2, 0.25) is 0 Å². The quantitative estimate of drug-likeness (QED) is 0.293. The van der Waals surface area contributed by atoms with E-state index in [1.54, 1.807) is 6.07 Å². The molecule has 0 spiro atoms. The number of nitrogens with one attached hydrogen (secondary N) is 2. The Kier molecular flexibility index (Phi) is 9.91. The number of benzene rings is 2. The number of urea groups is 1. The van der Waals surface area contributed by atoms with E-state index in [1.165, 1.54) is 4.90 Å². The number of pyridine rings is 1. The minimum Gasteiger partial charge on any atom is -0.848 e. The molecule has 0 saturated carbocycles. The summed E-state index contributed by atoms with van der Waals surface area (Å²) in [6, 6.07) is 12.7. The zero-order chi connectivity index (χ0) is 31.5. The fourth-order valence-electron chi connectivity index (χ4n) is 5.38. The fourth-order valence-corrected chi connectivity index (χ4v) is 5.38. The molecule has 2 amide bonds. The van der Waals surface area contributed by atoms with Crippen LogP contribution in [-0.2, 0) is 26.2 Å². The molecule has 1 aliphatic rings. The Labute approximate surface area is 250 Å². The minimum absolute atomic E-state index is 0.00737. The Morgan fingerprint density at radius 1 is 1.19 bits per heavy atom. The molecule has 11 nitrogen and oxygen atoms in total. The zero-order valence-corrected chi connectivity index (χ0v) is 25.2.